The van der Waals surface area contributed by atoms with Gasteiger partial charge in [0.15, 0.2) is 0 Å². The minimum atomic E-state index is 0.0423. The van der Waals surface area contributed by atoms with E-state index < -0.39 is 0 Å². The van der Waals surface area contributed by atoms with E-state index in [1.165, 1.54) is 22.5 Å². The van der Waals surface area contributed by atoms with Crippen molar-refractivity contribution in [2.24, 2.45) is 0 Å². The van der Waals surface area contributed by atoms with E-state index in [1.807, 2.05) is 6.07 Å². The lowest BCUT2D eigenvalue weighted by molar-refractivity contribution is 1.04. The second kappa shape index (κ2) is 5.84. The minimum absolute atomic E-state index is 0.0423. The topological polar surface area (TPSA) is 3.24 Å². The number of hydrogen-bond donors (Lipinski definition) is 1. The van der Waals surface area contributed by atoms with E-state index in [-0.39, 0.29) is 5.92 Å². The van der Waals surface area contributed by atoms with Gasteiger partial charge in [-0.3, -0.25) is 0 Å². The third-order valence-electron chi connectivity index (χ3n) is 4.24. The molecule has 0 saturated heterocycles. The van der Waals surface area contributed by atoms with Crippen LogP contribution in [0.2, 0.25) is 0 Å². The molecule has 0 bridgehead atoms. The van der Waals surface area contributed by atoms with Crippen LogP contribution in [0, 0.1) is 0 Å². The van der Waals surface area contributed by atoms with E-state index in [0.29, 0.717) is 4.20 Å². The number of para-hydroxylation sites is 3. The molecule has 0 saturated carbocycles. The Labute approximate surface area is 147 Å². The summed E-state index contributed by atoms with van der Waals surface area (Å²) in [4.78, 5) is 2.30. The largest absolute Gasteiger partial charge is 0.310 e. The number of thiol groups is 1. The molecule has 4 rings (SSSR count). The summed E-state index contributed by atoms with van der Waals surface area (Å²) < 4.78 is 0.706. The van der Waals surface area contributed by atoms with E-state index in [1.54, 1.807) is 0 Å². The van der Waals surface area contributed by atoms with Gasteiger partial charge in [0.25, 0.3) is 0 Å². The number of benzene rings is 3. The number of nitrogens with zero attached hydrogens (tertiary/aromatic N) is 1. The molecule has 0 atom stereocenters. The van der Waals surface area contributed by atoms with Gasteiger partial charge in [-0.05, 0) is 35.4 Å². The van der Waals surface area contributed by atoms with Gasteiger partial charge < -0.3 is 4.90 Å². The Hall–Kier alpha value is -2.10. The van der Waals surface area contributed by atoms with Gasteiger partial charge in [-0.15, -0.1) is 12.6 Å². The Morgan fingerprint density at radius 1 is 0.739 bits per heavy atom. The van der Waals surface area contributed by atoms with E-state index in [0.717, 1.165) is 5.69 Å². The third kappa shape index (κ3) is 2.37. The number of fused-ring (bicyclic) bond motifs is 2. The molecule has 1 heterocycles. The van der Waals surface area contributed by atoms with Gasteiger partial charge in [-0.2, -0.15) is 0 Å². The lowest BCUT2D eigenvalue weighted by Crippen LogP contribution is -2.23. The van der Waals surface area contributed by atoms with E-state index in [9.17, 15) is 0 Å². The van der Waals surface area contributed by atoms with E-state index in [4.69, 9.17) is 12.2 Å². The van der Waals surface area contributed by atoms with Gasteiger partial charge in [-0.25, -0.2) is 0 Å². The fourth-order valence-electron chi connectivity index (χ4n) is 3.29. The van der Waals surface area contributed by atoms with Crippen molar-refractivity contribution < 1.29 is 0 Å². The van der Waals surface area contributed by atoms with E-state index in [2.05, 4.69) is 90.3 Å². The Kier molecular flexibility index (Phi) is 3.68. The Morgan fingerprint density at radius 3 is 1.74 bits per heavy atom. The van der Waals surface area contributed by atoms with Crippen LogP contribution in [0.3, 0.4) is 0 Å². The molecule has 0 aliphatic carbocycles. The summed E-state index contributed by atoms with van der Waals surface area (Å²) in [7, 11) is 0. The quantitative estimate of drug-likeness (QED) is 0.462. The van der Waals surface area contributed by atoms with Gasteiger partial charge in [0, 0.05) is 5.69 Å². The molecule has 3 aromatic rings. The highest BCUT2D eigenvalue weighted by molar-refractivity contribution is 8.11. The maximum atomic E-state index is 5.47. The van der Waals surface area contributed by atoms with Crippen molar-refractivity contribution in [3.63, 3.8) is 0 Å². The fourth-order valence-corrected chi connectivity index (χ4v) is 3.82. The summed E-state index contributed by atoms with van der Waals surface area (Å²) in [6.45, 7) is 0. The van der Waals surface area contributed by atoms with Crippen LogP contribution in [0.4, 0.5) is 17.1 Å². The molecular formula is C20H15NS2. The monoisotopic (exact) mass is 333 g/mol. The van der Waals surface area contributed by atoms with Crippen LogP contribution >= 0.6 is 24.8 Å². The molecule has 3 aromatic carbocycles. The van der Waals surface area contributed by atoms with Crippen LogP contribution in [0.15, 0.2) is 78.9 Å². The van der Waals surface area contributed by atoms with Crippen molar-refractivity contribution in [2.75, 3.05) is 4.90 Å². The first-order valence-electron chi connectivity index (χ1n) is 7.53. The van der Waals surface area contributed by atoms with Gasteiger partial charge in [0.1, 0.15) is 0 Å². The third-order valence-corrected chi connectivity index (χ3v) is 4.73. The van der Waals surface area contributed by atoms with Crippen LogP contribution in [0.25, 0.3) is 0 Å². The average molecular weight is 333 g/mol. The van der Waals surface area contributed by atoms with Gasteiger partial charge in [-0.1, -0.05) is 66.8 Å². The molecular weight excluding hydrogens is 318 g/mol. The highest BCUT2D eigenvalue weighted by Crippen LogP contribution is 2.49. The van der Waals surface area contributed by atoms with Gasteiger partial charge >= 0.3 is 0 Å². The second-order valence-corrected chi connectivity index (χ2v) is 6.78. The van der Waals surface area contributed by atoms with Crippen LogP contribution in [-0.4, -0.2) is 4.20 Å². The summed E-state index contributed by atoms with van der Waals surface area (Å²) in [5.41, 5.74) is 5.89. The zero-order valence-corrected chi connectivity index (χ0v) is 14.1. The first-order chi connectivity index (χ1) is 11.3. The summed E-state index contributed by atoms with van der Waals surface area (Å²) in [6, 6.07) is 27.3. The predicted octanol–water partition coefficient (Wildman–Crippen LogP) is 5.86. The fraction of sp³-hybridized carbons (Fsp3) is 0.0500. The van der Waals surface area contributed by atoms with Crippen molar-refractivity contribution in [2.45, 2.75) is 5.92 Å². The number of thiocarbonyl (C=S) groups is 1. The highest BCUT2D eigenvalue weighted by Gasteiger charge is 2.32. The molecule has 1 aliphatic rings. The highest BCUT2D eigenvalue weighted by atomic mass is 32.1. The maximum Gasteiger partial charge on any atom is 0.0568 e. The van der Waals surface area contributed by atoms with Crippen molar-refractivity contribution in [3.8, 4) is 0 Å². The van der Waals surface area contributed by atoms with Crippen LogP contribution in [0.1, 0.15) is 17.0 Å². The molecule has 3 heteroatoms. The Balaban J connectivity index is 2.03. The summed E-state index contributed by atoms with van der Waals surface area (Å²) in [6.07, 6.45) is 0. The molecule has 1 nitrogen and oxygen atoms in total. The SMILES string of the molecule is S=C(S)C1c2ccccc2N(c2ccccc2)c2ccccc21. The van der Waals surface area contributed by atoms with Crippen LogP contribution < -0.4 is 4.90 Å². The predicted molar refractivity (Wildman–Crippen MR) is 105 cm³/mol. The number of rotatable bonds is 2. The standard InChI is InChI=1S/C20H15NS2/c22-20(23)19-15-10-4-6-12-17(15)21(14-8-2-1-3-9-14)18-13-7-5-11-16(18)19/h1-13,19H,(H,22,23). The molecule has 0 unspecified atom stereocenters. The number of hydrogen-bond acceptors (Lipinski definition) is 2. The molecule has 0 fully saturated rings. The first-order valence-corrected chi connectivity index (χ1v) is 8.39. The molecule has 1 aliphatic heterocycles. The van der Waals surface area contributed by atoms with Crippen molar-refractivity contribution in [3.05, 3.63) is 90.0 Å². The smallest absolute Gasteiger partial charge is 0.0568 e. The van der Waals surface area contributed by atoms with Gasteiger partial charge in [0.2, 0.25) is 0 Å². The summed E-state index contributed by atoms with van der Waals surface area (Å²) in [5, 5.41) is 0. The van der Waals surface area contributed by atoms with Crippen molar-refractivity contribution in [1.29, 1.82) is 0 Å². The van der Waals surface area contributed by atoms with E-state index >= 15 is 0 Å². The van der Waals surface area contributed by atoms with Gasteiger partial charge in [0.05, 0.1) is 21.5 Å². The van der Waals surface area contributed by atoms with Crippen molar-refractivity contribution >= 4 is 46.1 Å². The molecule has 23 heavy (non-hydrogen) atoms. The first kappa shape index (κ1) is 14.5. The zero-order chi connectivity index (χ0) is 15.8. The number of anilines is 3. The Morgan fingerprint density at radius 2 is 1.22 bits per heavy atom. The van der Waals surface area contributed by atoms with Crippen LogP contribution in [-0.2, 0) is 0 Å². The molecule has 0 radical (unpaired) electrons. The lowest BCUT2D eigenvalue weighted by Gasteiger charge is -2.37. The normalized spacial score (nSPS) is 13.3. The summed E-state index contributed by atoms with van der Waals surface area (Å²) in [5.74, 6) is 0.0423. The molecule has 112 valence electrons. The minimum Gasteiger partial charge on any atom is -0.310 e. The summed E-state index contributed by atoms with van der Waals surface area (Å²) >= 11 is 9.99. The molecule has 0 N–H and O–H groups in total. The Bertz CT molecular complexity index is 826. The average Bonchev–Trinajstić information content (AvgIpc) is 2.59. The van der Waals surface area contributed by atoms with Crippen molar-refractivity contribution in [1.82, 2.24) is 0 Å². The molecule has 0 amide bonds. The molecule has 0 spiro atoms. The lowest BCUT2D eigenvalue weighted by atomic mass is 9.85. The van der Waals surface area contributed by atoms with Crippen LogP contribution in [0.5, 0.6) is 0 Å². The zero-order valence-electron chi connectivity index (χ0n) is 12.4. The maximum absolute atomic E-state index is 5.47. The second-order valence-electron chi connectivity index (χ2n) is 5.56. The molecule has 0 aromatic heterocycles.